The van der Waals surface area contributed by atoms with Crippen molar-refractivity contribution in [1.29, 1.82) is 0 Å². The molecule has 0 aromatic heterocycles. The number of amides is 1. The van der Waals surface area contributed by atoms with Gasteiger partial charge in [0, 0.05) is 11.7 Å². The van der Waals surface area contributed by atoms with E-state index < -0.39 is 15.9 Å². The van der Waals surface area contributed by atoms with Crippen LogP contribution in [0.1, 0.15) is 35.7 Å². The molecule has 2 N–H and O–H groups in total. The van der Waals surface area contributed by atoms with E-state index in [1.165, 1.54) is 12.1 Å². The zero-order valence-corrected chi connectivity index (χ0v) is 16.4. The summed E-state index contributed by atoms with van der Waals surface area (Å²) in [6.07, 6.45) is 2.43. The second-order valence-electron chi connectivity index (χ2n) is 6.17. The molecular weight excluding hydrogens is 395 g/mol. The summed E-state index contributed by atoms with van der Waals surface area (Å²) in [5.41, 5.74) is 1.73. The minimum atomic E-state index is -3.80. The molecule has 5 nitrogen and oxygen atoms in total. The van der Waals surface area contributed by atoms with Gasteiger partial charge in [0.1, 0.15) is 4.90 Å². The van der Waals surface area contributed by atoms with Crippen LogP contribution in [0.5, 0.6) is 0 Å². The van der Waals surface area contributed by atoms with Gasteiger partial charge >= 0.3 is 0 Å². The van der Waals surface area contributed by atoms with E-state index in [1.54, 1.807) is 6.07 Å². The summed E-state index contributed by atoms with van der Waals surface area (Å²) in [4.78, 5) is 12.5. The molecule has 2 aromatic carbocycles. The topological polar surface area (TPSA) is 75.3 Å². The molecule has 0 radical (unpaired) electrons. The first-order valence-corrected chi connectivity index (χ1v) is 10.5. The van der Waals surface area contributed by atoms with Gasteiger partial charge < -0.3 is 5.32 Å². The fraction of sp³-hybridized carbons (Fsp3) is 0.278. The number of halogens is 2. The van der Waals surface area contributed by atoms with Gasteiger partial charge in [0.15, 0.2) is 0 Å². The van der Waals surface area contributed by atoms with Crippen LogP contribution in [0.15, 0.2) is 41.3 Å². The Balaban J connectivity index is 1.91. The van der Waals surface area contributed by atoms with Gasteiger partial charge in [0.25, 0.3) is 5.91 Å². The molecule has 1 aliphatic carbocycles. The number of carbonyl (C=O) groups excluding carboxylic acids is 1. The molecule has 0 bridgehead atoms. The van der Waals surface area contributed by atoms with Crippen molar-refractivity contribution in [3.05, 3.63) is 57.6 Å². The summed E-state index contributed by atoms with van der Waals surface area (Å²) in [7, 11) is -3.80. The van der Waals surface area contributed by atoms with Gasteiger partial charge in [-0.05, 0) is 49.1 Å². The highest BCUT2D eigenvalue weighted by molar-refractivity contribution is 7.89. The van der Waals surface area contributed by atoms with Gasteiger partial charge in [-0.3, -0.25) is 4.79 Å². The minimum Gasteiger partial charge on any atom is -0.322 e. The van der Waals surface area contributed by atoms with E-state index in [2.05, 4.69) is 10.0 Å². The molecule has 1 amide bonds. The number of hydrogen-bond acceptors (Lipinski definition) is 3. The standard InChI is InChI=1S/C18H18Cl2N2O3S/c1-2-11-4-3-5-13(8-11)21-18(23)14-9-17(16(20)10-15(14)19)26(24,25)22-12-6-7-12/h3-5,8-10,12,22H,2,6-7H2,1H3,(H,21,23). The van der Waals surface area contributed by atoms with Crippen LogP contribution in [0, 0.1) is 0 Å². The highest BCUT2D eigenvalue weighted by atomic mass is 35.5. The molecule has 0 unspecified atom stereocenters. The maximum Gasteiger partial charge on any atom is 0.257 e. The predicted octanol–water partition coefficient (Wildman–Crippen LogP) is 4.25. The van der Waals surface area contributed by atoms with Gasteiger partial charge in [-0.1, -0.05) is 42.3 Å². The van der Waals surface area contributed by atoms with Gasteiger partial charge in [-0.15, -0.1) is 0 Å². The van der Waals surface area contributed by atoms with Crippen molar-refractivity contribution in [3.63, 3.8) is 0 Å². The lowest BCUT2D eigenvalue weighted by molar-refractivity contribution is 0.102. The third-order valence-electron chi connectivity index (χ3n) is 4.05. The van der Waals surface area contributed by atoms with Crippen LogP contribution in [0.3, 0.4) is 0 Å². The summed E-state index contributed by atoms with van der Waals surface area (Å²) >= 11 is 12.2. The fourth-order valence-electron chi connectivity index (χ4n) is 2.46. The van der Waals surface area contributed by atoms with E-state index in [9.17, 15) is 13.2 Å². The molecule has 138 valence electrons. The van der Waals surface area contributed by atoms with E-state index in [-0.39, 0.29) is 26.5 Å². The molecule has 1 saturated carbocycles. The van der Waals surface area contributed by atoms with E-state index >= 15 is 0 Å². The number of anilines is 1. The highest BCUT2D eigenvalue weighted by Gasteiger charge is 2.30. The number of aryl methyl sites for hydroxylation is 1. The van der Waals surface area contributed by atoms with Gasteiger partial charge in [-0.25, -0.2) is 13.1 Å². The summed E-state index contributed by atoms with van der Waals surface area (Å²) in [6, 6.07) is 9.84. The quantitative estimate of drug-likeness (QED) is 0.744. The molecule has 0 aliphatic heterocycles. The highest BCUT2D eigenvalue weighted by Crippen LogP contribution is 2.31. The molecule has 0 spiro atoms. The zero-order chi connectivity index (χ0) is 18.9. The average molecular weight is 413 g/mol. The Hall–Kier alpha value is -1.60. The summed E-state index contributed by atoms with van der Waals surface area (Å²) in [5.74, 6) is -0.497. The van der Waals surface area contributed by atoms with Crippen molar-refractivity contribution in [3.8, 4) is 0 Å². The zero-order valence-electron chi connectivity index (χ0n) is 14.1. The Labute approximate surface area is 162 Å². The van der Waals surface area contributed by atoms with Gasteiger partial charge in [0.2, 0.25) is 10.0 Å². The molecule has 3 rings (SSSR count). The Morgan fingerprint density at radius 2 is 1.88 bits per heavy atom. The van der Waals surface area contributed by atoms with Crippen molar-refractivity contribution >= 4 is 44.8 Å². The summed E-state index contributed by atoms with van der Waals surface area (Å²) in [5, 5.41) is 2.81. The van der Waals surface area contributed by atoms with Crippen molar-refractivity contribution < 1.29 is 13.2 Å². The SMILES string of the molecule is CCc1cccc(NC(=O)c2cc(S(=O)(=O)NC3CC3)c(Cl)cc2Cl)c1. The van der Waals surface area contributed by atoms with E-state index in [0.717, 1.165) is 24.8 Å². The average Bonchev–Trinajstić information content (AvgIpc) is 3.37. The first-order valence-electron chi connectivity index (χ1n) is 8.22. The van der Waals surface area contributed by atoms with E-state index in [4.69, 9.17) is 23.2 Å². The number of carbonyl (C=O) groups is 1. The second-order valence-corrected chi connectivity index (χ2v) is 8.66. The number of hydrogen-bond donors (Lipinski definition) is 2. The monoisotopic (exact) mass is 412 g/mol. The molecule has 26 heavy (non-hydrogen) atoms. The normalized spacial score (nSPS) is 14.3. The molecule has 1 aliphatic rings. The first kappa shape index (κ1) is 19.2. The van der Waals surface area contributed by atoms with Crippen LogP contribution < -0.4 is 10.0 Å². The van der Waals surface area contributed by atoms with Gasteiger partial charge in [0.05, 0.1) is 15.6 Å². The van der Waals surface area contributed by atoms with E-state index in [1.807, 2.05) is 25.1 Å². The molecule has 1 fully saturated rings. The lowest BCUT2D eigenvalue weighted by atomic mass is 10.1. The van der Waals surface area contributed by atoms with Gasteiger partial charge in [-0.2, -0.15) is 0 Å². The molecular formula is C18H18Cl2N2O3S. The number of nitrogens with one attached hydrogen (secondary N) is 2. The van der Waals surface area contributed by atoms with Crippen LogP contribution in [0.4, 0.5) is 5.69 Å². The smallest absolute Gasteiger partial charge is 0.257 e. The maximum atomic E-state index is 12.6. The fourth-order valence-corrected chi connectivity index (χ4v) is 4.62. The second kappa shape index (κ2) is 7.56. The molecule has 0 heterocycles. The van der Waals surface area contributed by atoms with Crippen molar-refractivity contribution in [1.82, 2.24) is 4.72 Å². The minimum absolute atomic E-state index is 0.0207. The Morgan fingerprint density at radius 1 is 1.15 bits per heavy atom. The summed E-state index contributed by atoms with van der Waals surface area (Å²) < 4.78 is 27.5. The molecule has 0 saturated heterocycles. The molecule has 8 heteroatoms. The molecule has 0 atom stereocenters. The van der Waals surface area contributed by atoms with Crippen LogP contribution in [-0.4, -0.2) is 20.4 Å². The number of sulfonamides is 1. The Kier molecular flexibility index (Phi) is 5.58. The van der Waals surface area contributed by atoms with Crippen molar-refractivity contribution in [2.24, 2.45) is 0 Å². The van der Waals surface area contributed by atoms with Crippen LogP contribution in [-0.2, 0) is 16.4 Å². The first-order chi connectivity index (χ1) is 12.3. The number of benzene rings is 2. The lowest BCUT2D eigenvalue weighted by Crippen LogP contribution is -2.26. The Bertz CT molecular complexity index is 957. The summed E-state index contributed by atoms with van der Waals surface area (Å²) in [6.45, 7) is 2.01. The Morgan fingerprint density at radius 3 is 2.54 bits per heavy atom. The largest absolute Gasteiger partial charge is 0.322 e. The molecule has 2 aromatic rings. The maximum absolute atomic E-state index is 12.6. The number of rotatable bonds is 6. The lowest BCUT2D eigenvalue weighted by Gasteiger charge is -2.12. The van der Waals surface area contributed by atoms with E-state index in [0.29, 0.717) is 5.69 Å². The van der Waals surface area contributed by atoms with Crippen LogP contribution in [0.2, 0.25) is 10.0 Å². The third-order valence-corrected chi connectivity index (χ3v) is 6.35. The van der Waals surface area contributed by atoms with Crippen molar-refractivity contribution in [2.75, 3.05) is 5.32 Å². The predicted molar refractivity (Wildman–Crippen MR) is 104 cm³/mol. The van der Waals surface area contributed by atoms with Crippen molar-refractivity contribution in [2.45, 2.75) is 37.1 Å². The van der Waals surface area contributed by atoms with Crippen LogP contribution >= 0.6 is 23.2 Å². The third kappa shape index (κ3) is 4.38. The van der Waals surface area contributed by atoms with Crippen LogP contribution in [0.25, 0.3) is 0 Å².